The lowest BCUT2D eigenvalue weighted by molar-refractivity contribution is -0.137. The summed E-state index contributed by atoms with van der Waals surface area (Å²) in [4.78, 5) is 27.1. The molecule has 0 aromatic heterocycles. The van der Waals surface area contributed by atoms with Crippen molar-refractivity contribution in [3.8, 4) is 0 Å². The first kappa shape index (κ1) is 17.8. The topological polar surface area (TPSA) is 70.1 Å². The molecule has 2 unspecified atom stereocenters. The van der Waals surface area contributed by atoms with Crippen LogP contribution in [0.3, 0.4) is 0 Å². The quantitative estimate of drug-likeness (QED) is 0.816. The molecular formula is C15H28N2O4. The molecule has 6 heteroatoms. The van der Waals surface area contributed by atoms with Gasteiger partial charge in [-0.15, -0.1) is 0 Å². The number of ether oxygens (including phenoxy) is 1. The van der Waals surface area contributed by atoms with Crippen molar-refractivity contribution in [1.29, 1.82) is 0 Å². The van der Waals surface area contributed by atoms with Gasteiger partial charge in [0.1, 0.15) is 0 Å². The summed E-state index contributed by atoms with van der Waals surface area (Å²) in [5.41, 5.74) is 0. The molecule has 0 aromatic carbocycles. The summed E-state index contributed by atoms with van der Waals surface area (Å²) in [6, 6.07) is 0.161. The van der Waals surface area contributed by atoms with Crippen LogP contribution in [0.25, 0.3) is 0 Å². The second-order valence-corrected chi connectivity index (χ2v) is 5.93. The Morgan fingerprint density at radius 3 is 2.62 bits per heavy atom. The highest BCUT2D eigenvalue weighted by Gasteiger charge is 2.32. The molecule has 0 aliphatic carbocycles. The monoisotopic (exact) mass is 300 g/mol. The maximum atomic E-state index is 12.8. The number of urea groups is 1. The second kappa shape index (κ2) is 8.22. The van der Waals surface area contributed by atoms with E-state index in [0.717, 1.165) is 6.42 Å². The molecule has 1 saturated heterocycles. The first-order valence-corrected chi connectivity index (χ1v) is 7.77. The van der Waals surface area contributed by atoms with Crippen LogP contribution in [0.1, 0.15) is 47.0 Å². The summed E-state index contributed by atoms with van der Waals surface area (Å²) in [6.45, 7) is 9.59. The van der Waals surface area contributed by atoms with Crippen molar-refractivity contribution in [2.45, 2.75) is 65.1 Å². The van der Waals surface area contributed by atoms with Gasteiger partial charge in [-0.2, -0.15) is 0 Å². The van der Waals surface area contributed by atoms with E-state index in [2.05, 4.69) is 6.92 Å². The van der Waals surface area contributed by atoms with Crippen LogP contribution >= 0.6 is 0 Å². The number of morpholine rings is 1. The minimum Gasteiger partial charge on any atom is -0.481 e. The molecule has 1 aliphatic rings. The summed E-state index contributed by atoms with van der Waals surface area (Å²) in [5, 5.41) is 8.74. The molecular weight excluding hydrogens is 272 g/mol. The van der Waals surface area contributed by atoms with Crippen molar-refractivity contribution < 1.29 is 19.4 Å². The van der Waals surface area contributed by atoms with E-state index in [1.807, 2.05) is 25.7 Å². The first-order valence-electron chi connectivity index (χ1n) is 7.77. The number of hydrogen-bond acceptors (Lipinski definition) is 3. The van der Waals surface area contributed by atoms with Crippen LogP contribution in [0.5, 0.6) is 0 Å². The highest BCUT2D eigenvalue weighted by Crippen LogP contribution is 2.18. The molecule has 1 fully saturated rings. The van der Waals surface area contributed by atoms with Gasteiger partial charge in [0.25, 0.3) is 0 Å². The molecule has 1 rings (SSSR count). The molecule has 0 aromatic rings. The van der Waals surface area contributed by atoms with Gasteiger partial charge in [0.2, 0.25) is 0 Å². The molecule has 0 bridgehead atoms. The number of amides is 2. The van der Waals surface area contributed by atoms with Crippen LogP contribution in [0.4, 0.5) is 4.79 Å². The van der Waals surface area contributed by atoms with Crippen molar-refractivity contribution in [2.24, 2.45) is 0 Å². The lowest BCUT2D eigenvalue weighted by Crippen LogP contribution is -2.56. The zero-order chi connectivity index (χ0) is 16.0. The van der Waals surface area contributed by atoms with Crippen molar-refractivity contribution in [2.75, 3.05) is 19.7 Å². The van der Waals surface area contributed by atoms with Crippen LogP contribution in [0.15, 0.2) is 0 Å². The molecule has 0 radical (unpaired) electrons. The third-order valence-corrected chi connectivity index (χ3v) is 3.84. The number of nitrogens with zero attached hydrogens (tertiary/aromatic N) is 2. The average molecular weight is 300 g/mol. The predicted molar refractivity (Wildman–Crippen MR) is 80.3 cm³/mol. The highest BCUT2D eigenvalue weighted by atomic mass is 16.5. The second-order valence-electron chi connectivity index (χ2n) is 5.93. The molecule has 2 amide bonds. The predicted octanol–water partition coefficient (Wildman–Crippen LogP) is 2.18. The summed E-state index contributed by atoms with van der Waals surface area (Å²) in [6.07, 6.45) is 1.48. The van der Waals surface area contributed by atoms with Crippen LogP contribution < -0.4 is 0 Å². The summed E-state index contributed by atoms with van der Waals surface area (Å²) in [5.74, 6) is -0.822. The van der Waals surface area contributed by atoms with E-state index in [0.29, 0.717) is 26.1 Å². The number of rotatable bonds is 6. The summed E-state index contributed by atoms with van der Waals surface area (Å²) < 4.78 is 5.62. The van der Waals surface area contributed by atoms with E-state index in [4.69, 9.17) is 9.84 Å². The Morgan fingerprint density at radius 2 is 2.10 bits per heavy atom. The van der Waals surface area contributed by atoms with Gasteiger partial charge >= 0.3 is 12.0 Å². The van der Waals surface area contributed by atoms with Crippen LogP contribution in [-0.2, 0) is 9.53 Å². The van der Waals surface area contributed by atoms with Gasteiger partial charge in [-0.3, -0.25) is 4.79 Å². The van der Waals surface area contributed by atoms with E-state index in [9.17, 15) is 9.59 Å². The van der Waals surface area contributed by atoms with Crippen molar-refractivity contribution in [3.05, 3.63) is 0 Å². The molecule has 0 saturated carbocycles. The lowest BCUT2D eigenvalue weighted by Gasteiger charge is -2.42. The van der Waals surface area contributed by atoms with Crippen LogP contribution in [0.2, 0.25) is 0 Å². The van der Waals surface area contributed by atoms with E-state index in [-0.39, 0.29) is 30.6 Å². The maximum absolute atomic E-state index is 12.8. The Balaban J connectivity index is 2.71. The Bertz CT molecular complexity index is 360. The third-order valence-electron chi connectivity index (χ3n) is 3.84. The lowest BCUT2D eigenvalue weighted by atomic mass is 10.1. The Labute approximate surface area is 127 Å². The largest absolute Gasteiger partial charge is 0.481 e. The van der Waals surface area contributed by atoms with Gasteiger partial charge < -0.3 is 19.6 Å². The van der Waals surface area contributed by atoms with Gasteiger partial charge in [-0.1, -0.05) is 6.92 Å². The standard InChI is InChI=1S/C15H28N2O4/c1-5-13-10-21-12(4)9-17(13)15(20)16(11(2)3)8-6-7-14(18)19/h11-13H,5-10H2,1-4H3,(H,18,19). The van der Waals surface area contributed by atoms with Gasteiger partial charge in [0, 0.05) is 25.6 Å². The number of hydrogen-bond donors (Lipinski definition) is 1. The fourth-order valence-corrected chi connectivity index (χ4v) is 2.56. The number of carboxylic acid groups (broad SMARTS) is 1. The normalized spacial score (nSPS) is 22.4. The smallest absolute Gasteiger partial charge is 0.320 e. The van der Waals surface area contributed by atoms with Gasteiger partial charge in [0.15, 0.2) is 0 Å². The number of carbonyl (C=O) groups excluding carboxylic acids is 1. The zero-order valence-electron chi connectivity index (χ0n) is 13.5. The Morgan fingerprint density at radius 1 is 1.43 bits per heavy atom. The van der Waals surface area contributed by atoms with E-state index < -0.39 is 5.97 Å². The first-order chi connectivity index (χ1) is 9.86. The van der Waals surface area contributed by atoms with Crippen LogP contribution in [0, 0.1) is 0 Å². The van der Waals surface area contributed by atoms with E-state index >= 15 is 0 Å². The molecule has 1 heterocycles. The fraction of sp³-hybridized carbons (Fsp3) is 0.867. The third kappa shape index (κ3) is 5.19. The van der Waals surface area contributed by atoms with Crippen molar-refractivity contribution in [3.63, 3.8) is 0 Å². The number of carboxylic acids is 1. The van der Waals surface area contributed by atoms with Crippen molar-refractivity contribution >= 4 is 12.0 Å². The fourth-order valence-electron chi connectivity index (χ4n) is 2.56. The van der Waals surface area contributed by atoms with Gasteiger partial charge in [-0.05, 0) is 33.6 Å². The molecule has 122 valence electrons. The average Bonchev–Trinajstić information content (AvgIpc) is 2.42. The summed E-state index contributed by atoms with van der Waals surface area (Å²) in [7, 11) is 0. The van der Waals surface area contributed by atoms with E-state index in [1.165, 1.54) is 0 Å². The molecule has 1 N–H and O–H groups in total. The Hall–Kier alpha value is -1.30. The summed E-state index contributed by atoms with van der Waals surface area (Å²) >= 11 is 0. The molecule has 21 heavy (non-hydrogen) atoms. The maximum Gasteiger partial charge on any atom is 0.320 e. The highest BCUT2D eigenvalue weighted by molar-refractivity contribution is 5.75. The molecule has 2 atom stereocenters. The van der Waals surface area contributed by atoms with Crippen molar-refractivity contribution in [1.82, 2.24) is 9.80 Å². The molecule has 0 spiro atoms. The minimum atomic E-state index is -0.822. The Kier molecular flexibility index (Phi) is 6.95. The number of carbonyl (C=O) groups is 2. The molecule has 1 aliphatic heterocycles. The minimum absolute atomic E-state index is 0.00242. The zero-order valence-corrected chi connectivity index (χ0v) is 13.5. The SMILES string of the molecule is CCC1COC(C)CN1C(=O)N(CCCC(=O)O)C(C)C. The van der Waals surface area contributed by atoms with Gasteiger partial charge in [-0.25, -0.2) is 4.79 Å². The number of aliphatic carboxylic acids is 1. The van der Waals surface area contributed by atoms with Crippen LogP contribution in [-0.4, -0.2) is 64.8 Å². The van der Waals surface area contributed by atoms with E-state index in [1.54, 1.807) is 4.90 Å². The molecule has 6 nitrogen and oxygen atoms in total. The van der Waals surface area contributed by atoms with Gasteiger partial charge in [0.05, 0.1) is 18.8 Å².